The molecule has 1 atom stereocenters. The first kappa shape index (κ1) is 16.5. The predicted octanol–water partition coefficient (Wildman–Crippen LogP) is 4.69. The number of para-hydroxylation sites is 1. The van der Waals surface area contributed by atoms with E-state index in [2.05, 4.69) is 53.3 Å². The van der Waals surface area contributed by atoms with E-state index in [4.69, 9.17) is 0 Å². The number of amides is 2. The first-order chi connectivity index (χ1) is 12.8. The SMILES string of the molecule is CCc1ccccc1NC(=O)N1CCn2cccc2C1c1ccccc1. The summed E-state index contributed by atoms with van der Waals surface area (Å²) < 4.78 is 2.24. The average Bonchev–Trinajstić information content (AvgIpc) is 3.17. The maximum absolute atomic E-state index is 13.2. The molecule has 1 aliphatic heterocycles. The van der Waals surface area contributed by atoms with Gasteiger partial charge >= 0.3 is 6.03 Å². The van der Waals surface area contributed by atoms with Crippen LogP contribution in [0, 0.1) is 0 Å². The molecule has 0 saturated carbocycles. The minimum atomic E-state index is -0.0752. The third kappa shape index (κ3) is 2.99. The van der Waals surface area contributed by atoms with Gasteiger partial charge in [-0.25, -0.2) is 4.79 Å². The van der Waals surface area contributed by atoms with Gasteiger partial charge in [-0.15, -0.1) is 0 Å². The van der Waals surface area contributed by atoms with Gasteiger partial charge in [0.1, 0.15) is 0 Å². The first-order valence-electron chi connectivity index (χ1n) is 9.13. The van der Waals surface area contributed by atoms with Crippen molar-refractivity contribution >= 4 is 11.7 Å². The molecule has 4 nitrogen and oxygen atoms in total. The van der Waals surface area contributed by atoms with Crippen LogP contribution in [0.2, 0.25) is 0 Å². The molecule has 4 heteroatoms. The van der Waals surface area contributed by atoms with Crippen molar-refractivity contribution in [3.63, 3.8) is 0 Å². The fraction of sp³-hybridized carbons (Fsp3) is 0.227. The lowest BCUT2D eigenvalue weighted by molar-refractivity contribution is 0.182. The summed E-state index contributed by atoms with van der Waals surface area (Å²) in [6.07, 6.45) is 2.98. The standard InChI is InChI=1S/C22H23N3O/c1-2-17-9-6-7-12-19(17)23-22(26)25-16-15-24-14-8-13-20(24)21(25)18-10-4-3-5-11-18/h3-14,21H,2,15-16H2,1H3,(H,23,26). The molecule has 2 aromatic carbocycles. The first-order valence-corrected chi connectivity index (χ1v) is 9.13. The van der Waals surface area contributed by atoms with E-state index in [-0.39, 0.29) is 12.1 Å². The number of fused-ring (bicyclic) bond motifs is 1. The number of benzene rings is 2. The Balaban J connectivity index is 1.67. The van der Waals surface area contributed by atoms with Crippen LogP contribution in [-0.4, -0.2) is 22.0 Å². The van der Waals surface area contributed by atoms with Gasteiger partial charge in [0.2, 0.25) is 0 Å². The molecule has 1 N–H and O–H groups in total. The lowest BCUT2D eigenvalue weighted by Gasteiger charge is -2.37. The second-order valence-corrected chi connectivity index (χ2v) is 6.57. The Hall–Kier alpha value is -3.01. The highest BCUT2D eigenvalue weighted by Crippen LogP contribution is 2.33. The van der Waals surface area contributed by atoms with Gasteiger partial charge in [0.05, 0.1) is 6.04 Å². The number of carbonyl (C=O) groups excluding carboxylic acids is 1. The van der Waals surface area contributed by atoms with Crippen LogP contribution in [0.15, 0.2) is 72.9 Å². The number of nitrogens with one attached hydrogen (secondary N) is 1. The van der Waals surface area contributed by atoms with E-state index in [0.717, 1.165) is 35.5 Å². The van der Waals surface area contributed by atoms with Crippen molar-refractivity contribution in [3.8, 4) is 0 Å². The number of aromatic nitrogens is 1. The van der Waals surface area contributed by atoms with Crippen molar-refractivity contribution in [2.75, 3.05) is 11.9 Å². The number of nitrogens with zero attached hydrogens (tertiary/aromatic N) is 2. The highest BCUT2D eigenvalue weighted by molar-refractivity contribution is 5.90. The van der Waals surface area contributed by atoms with Gasteiger partial charge in [0, 0.05) is 30.7 Å². The highest BCUT2D eigenvalue weighted by atomic mass is 16.2. The Labute approximate surface area is 154 Å². The number of rotatable bonds is 3. The van der Waals surface area contributed by atoms with E-state index in [1.165, 1.54) is 0 Å². The second kappa shape index (κ2) is 7.08. The summed E-state index contributed by atoms with van der Waals surface area (Å²) in [5.74, 6) is 0. The molecule has 26 heavy (non-hydrogen) atoms. The van der Waals surface area contributed by atoms with Crippen molar-refractivity contribution in [1.82, 2.24) is 9.47 Å². The Morgan fingerprint density at radius 1 is 1.00 bits per heavy atom. The number of hydrogen-bond acceptors (Lipinski definition) is 1. The number of aryl methyl sites for hydroxylation is 1. The van der Waals surface area contributed by atoms with E-state index in [1.807, 2.05) is 41.3 Å². The molecule has 0 radical (unpaired) electrons. The third-order valence-electron chi connectivity index (χ3n) is 5.05. The van der Waals surface area contributed by atoms with Crippen molar-refractivity contribution in [2.45, 2.75) is 25.9 Å². The molecular formula is C22H23N3O. The molecule has 0 fully saturated rings. The van der Waals surface area contributed by atoms with Crippen molar-refractivity contribution in [1.29, 1.82) is 0 Å². The molecule has 2 heterocycles. The van der Waals surface area contributed by atoms with Gasteiger partial charge in [-0.05, 0) is 35.7 Å². The minimum Gasteiger partial charge on any atom is -0.348 e. The third-order valence-corrected chi connectivity index (χ3v) is 5.05. The topological polar surface area (TPSA) is 37.3 Å². The quantitative estimate of drug-likeness (QED) is 0.735. The summed E-state index contributed by atoms with van der Waals surface area (Å²) in [5.41, 5.74) is 4.33. The maximum Gasteiger partial charge on any atom is 0.322 e. The second-order valence-electron chi connectivity index (χ2n) is 6.57. The van der Waals surface area contributed by atoms with Crippen LogP contribution in [-0.2, 0) is 13.0 Å². The van der Waals surface area contributed by atoms with Gasteiger partial charge in [-0.1, -0.05) is 55.5 Å². The van der Waals surface area contributed by atoms with Gasteiger partial charge in [-0.3, -0.25) is 0 Å². The smallest absolute Gasteiger partial charge is 0.322 e. The van der Waals surface area contributed by atoms with Crippen molar-refractivity contribution in [3.05, 3.63) is 89.7 Å². The molecule has 1 unspecified atom stereocenters. The zero-order valence-electron chi connectivity index (χ0n) is 14.9. The number of hydrogen-bond donors (Lipinski definition) is 1. The van der Waals surface area contributed by atoms with E-state index in [1.54, 1.807) is 0 Å². The summed E-state index contributed by atoms with van der Waals surface area (Å²) in [4.78, 5) is 15.1. The normalized spacial score (nSPS) is 16.2. The Morgan fingerprint density at radius 3 is 2.58 bits per heavy atom. The van der Waals surface area contributed by atoms with Crippen LogP contribution in [0.1, 0.15) is 29.8 Å². The average molecular weight is 345 g/mol. The van der Waals surface area contributed by atoms with Gasteiger partial charge in [-0.2, -0.15) is 0 Å². The summed E-state index contributed by atoms with van der Waals surface area (Å²) in [6, 6.07) is 22.3. The van der Waals surface area contributed by atoms with E-state index >= 15 is 0 Å². The number of anilines is 1. The minimum absolute atomic E-state index is 0.0489. The fourth-order valence-corrected chi connectivity index (χ4v) is 3.73. The van der Waals surface area contributed by atoms with E-state index in [0.29, 0.717) is 6.54 Å². The molecule has 0 aliphatic carbocycles. The lowest BCUT2D eigenvalue weighted by atomic mass is 10.0. The predicted molar refractivity (Wildman–Crippen MR) is 104 cm³/mol. The van der Waals surface area contributed by atoms with Crippen LogP contribution in [0.4, 0.5) is 10.5 Å². The Bertz CT molecular complexity index is 901. The fourth-order valence-electron chi connectivity index (χ4n) is 3.73. The Morgan fingerprint density at radius 2 is 1.77 bits per heavy atom. The molecule has 1 aromatic heterocycles. The van der Waals surface area contributed by atoms with Crippen LogP contribution < -0.4 is 5.32 Å². The highest BCUT2D eigenvalue weighted by Gasteiger charge is 2.32. The van der Waals surface area contributed by atoms with Gasteiger partial charge in [0.25, 0.3) is 0 Å². The number of carbonyl (C=O) groups is 1. The number of urea groups is 1. The van der Waals surface area contributed by atoms with Crippen LogP contribution >= 0.6 is 0 Å². The molecule has 3 aromatic rings. The molecule has 0 spiro atoms. The van der Waals surface area contributed by atoms with Crippen LogP contribution in [0.25, 0.3) is 0 Å². The summed E-state index contributed by atoms with van der Waals surface area (Å²) in [6.45, 7) is 3.60. The molecule has 0 bridgehead atoms. The van der Waals surface area contributed by atoms with Crippen molar-refractivity contribution in [2.24, 2.45) is 0 Å². The summed E-state index contributed by atoms with van der Waals surface area (Å²) >= 11 is 0. The van der Waals surface area contributed by atoms with Crippen LogP contribution in [0.5, 0.6) is 0 Å². The van der Waals surface area contributed by atoms with Crippen LogP contribution in [0.3, 0.4) is 0 Å². The summed E-state index contributed by atoms with van der Waals surface area (Å²) in [5, 5.41) is 3.13. The monoisotopic (exact) mass is 345 g/mol. The van der Waals surface area contributed by atoms with Gasteiger partial charge < -0.3 is 14.8 Å². The lowest BCUT2D eigenvalue weighted by Crippen LogP contribution is -2.44. The van der Waals surface area contributed by atoms with E-state index < -0.39 is 0 Å². The zero-order valence-corrected chi connectivity index (χ0v) is 14.9. The largest absolute Gasteiger partial charge is 0.348 e. The molecule has 4 rings (SSSR count). The van der Waals surface area contributed by atoms with Gasteiger partial charge in [0.15, 0.2) is 0 Å². The summed E-state index contributed by atoms with van der Waals surface area (Å²) in [7, 11) is 0. The van der Waals surface area contributed by atoms with E-state index in [9.17, 15) is 4.79 Å². The Kier molecular flexibility index (Phi) is 4.48. The molecular weight excluding hydrogens is 322 g/mol. The molecule has 0 saturated heterocycles. The molecule has 2 amide bonds. The molecule has 1 aliphatic rings. The zero-order chi connectivity index (χ0) is 17.9. The molecule has 132 valence electrons. The maximum atomic E-state index is 13.2. The van der Waals surface area contributed by atoms with Crippen molar-refractivity contribution < 1.29 is 4.79 Å².